The minimum absolute atomic E-state index is 0.102. The molecule has 0 aliphatic heterocycles. The van der Waals surface area contributed by atoms with Crippen molar-refractivity contribution in [2.75, 3.05) is 30.9 Å². The zero-order chi connectivity index (χ0) is 15.4. The zero-order valence-corrected chi connectivity index (χ0v) is 11.9. The van der Waals surface area contributed by atoms with Gasteiger partial charge in [0.2, 0.25) is 5.82 Å². The van der Waals surface area contributed by atoms with Gasteiger partial charge < -0.3 is 15.4 Å². The fourth-order valence-electron chi connectivity index (χ4n) is 1.65. The molecule has 0 aromatic carbocycles. The molecule has 0 atom stereocenters. The lowest BCUT2D eigenvalue weighted by molar-refractivity contribution is -0.144. The van der Waals surface area contributed by atoms with Crippen LogP contribution in [-0.2, 0) is 10.9 Å². The first-order valence-corrected chi connectivity index (χ1v) is 6.15. The number of nitrogens with one attached hydrogen (secondary N) is 2. The fraction of sp³-hybridized carbons (Fsp3) is 0.667. The molecule has 5 nitrogen and oxygen atoms in total. The van der Waals surface area contributed by atoms with Crippen molar-refractivity contribution in [1.82, 2.24) is 9.97 Å². The first-order valence-electron chi connectivity index (χ1n) is 6.15. The molecule has 20 heavy (non-hydrogen) atoms. The third-order valence-electron chi connectivity index (χ3n) is 2.31. The van der Waals surface area contributed by atoms with Crippen molar-refractivity contribution in [1.29, 1.82) is 0 Å². The molecule has 0 unspecified atom stereocenters. The number of rotatable bonds is 6. The molecule has 2 N–H and O–H groups in total. The Hall–Kier alpha value is -1.57. The van der Waals surface area contributed by atoms with E-state index in [1.165, 1.54) is 13.2 Å². The zero-order valence-electron chi connectivity index (χ0n) is 11.9. The maximum Gasteiger partial charge on any atom is 0.451 e. The van der Waals surface area contributed by atoms with Gasteiger partial charge in [-0.05, 0) is 20.8 Å². The normalized spacial score (nSPS) is 12.3. The highest BCUT2D eigenvalue weighted by Gasteiger charge is 2.35. The second-order valence-corrected chi connectivity index (χ2v) is 4.93. The van der Waals surface area contributed by atoms with Crippen molar-refractivity contribution < 1.29 is 17.9 Å². The van der Waals surface area contributed by atoms with Crippen LogP contribution in [0, 0.1) is 0 Å². The molecule has 1 rings (SSSR count). The molecule has 0 saturated carbocycles. The van der Waals surface area contributed by atoms with E-state index in [4.69, 9.17) is 4.74 Å². The first kappa shape index (κ1) is 16.5. The van der Waals surface area contributed by atoms with Gasteiger partial charge in [-0.3, -0.25) is 0 Å². The van der Waals surface area contributed by atoms with Crippen LogP contribution in [0.4, 0.5) is 24.8 Å². The number of nitrogens with zero attached hydrogens (tertiary/aromatic N) is 2. The monoisotopic (exact) mass is 292 g/mol. The minimum Gasteiger partial charge on any atom is -0.382 e. The van der Waals surface area contributed by atoms with Crippen LogP contribution >= 0.6 is 0 Å². The van der Waals surface area contributed by atoms with Gasteiger partial charge in [0.05, 0.1) is 12.1 Å². The molecular formula is C12H19F3N4O. The van der Waals surface area contributed by atoms with Crippen LogP contribution in [0.15, 0.2) is 6.07 Å². The van der Waals surface area contributed by atoms with Gasteiger partial charge in [0.1, 0.15) is 11.6 Å². The molecule has 8 heteroatoms. The van der Waals surface area contributed by atoms with E-state index in [9.17, 15) is 13.2 Å². The molecule has 0 aliphatic rings. The summed E-state index contributed by atoms with van der Waals surface area (Å²) < 4.78 is 43.3. The van der Waals surface area contributed by atoms with Gasteiger partial charge in [0.25, 0.3) is 0 Å². The largest absolute Gasteiger partial charge is 0.451 e. The Bertz CT molecular complexity index is 449. The molecule has 0 spiro atoms. The van der Waals surface area contributed by atoms with Crippen molar-refractivity contribution in [3.8, 4) is 0 Å². The second-order valence-electron chi connectivity index (χ2n) is 4.93. The summed E-state index contributed by atoms with van der Waals surface area (Å²) in [5, 5.41) is 5.67. The number of ether oxygens (including phenoxy) is 1. The smallest absolute Gasteiger partial charge is 0.382 e. The van der Waals surface area contributed by atoms with E-state index in [0.29, 0.717) is 13.2 Å². The highest BCUT2D eigenvalue weighted by Crippen LogP contribution is 2.29. The van der Waals surface area contributed by atoms with Gasteiger partial charge >= 0.3 is 6.18 Å². The molecule has 1 heterocycles. The van der Waals surface area contributed by atoms with Gasteiger partial charge in [-0.25, -0.2) is 9.97 Å². The molecule has 0 aliphatic carbocycles. The average Bonchev–Trinajstić information content (AvgIpc) is 2.26. The lowest BCUT2D eigenvalue weighted by Crippen LogP contribution is -2.36. The van der Waals surface area contributed by atoms with Crippen LogP contribution in [-0.4, -0.2) is 35.8 Å². The van der Waals surface area contributed by atoms with Gasteiger partial charge in [0.15, 0.2) is 0 Å². The SMILES string of the molecule is CCNc1cc(NC(C)(C)COC)nc(C(F)(F)F)n1. The van der Waals surface area contributed by atoms with Crippen molar-refractivity contribution >= 4 is 11.6 Å². The lowest BCUT2D eigenvalue weighted by Gasteiger charge is -2.26. The van der Waals surface area contributed by atoms with Crippen LogP contribution in [0.3, 0.4) is 0 Å². The number of alkyl halides is 3. The Kier molecular flexibility index (Phi) is 5.15. The van der Waals surface area contributed by atoms with E-state index >= 15 is 0 Å². The third-order valence-corrected chi connectivity index (χ3v) is 2.31. The first-order chi connectivity index (χ1) is 9.18. The van der Waals surface area contributed by atoms with Gasteiger partial charge in [-0.2, -0.15) is 13.2 Å². The Balaban J connectivity index is 3.09. The average molecular weight is 292 g/mol. The number of halogens is 3. The third kappa shape index (κ3) is 4.84. The molecule has 0 saturated heterocycles. The maximum absolute atomic E-state index is 12.8. The second kappa shape index (κ2) is 6.25. The number of hydrogen-bond donors (Lipinski definition) is 2. The van der Waals surface area contributed by atoms with Crippen LogP contribution < -0.4 is 10.6 Å². The summed E-state index contributed by atoms with van der Waals surface area (Å²) in [7, 11) is 1.52. The quantitative estimate of drug-likeness (QED) is 0.844. The van der Waals surface area contributed by atoms with E-state index in [2.05, 4.69) is 20.6 Å². The van der Waals surface area contributed by atoms with Crippen LogP contribution in [0.25, 0.3) is 0 Å². The highest BCUT2D eigenvalue weighted by molar-refractivity contribution is 5.49. The van der Waals surface area contributed by atoms with Crippen LogP contribution in [0.2, 0.25) is 0 Å². The number of aromatic nitrogens is 2. The molecule has 0 amide bonds. The summed E-state index contributed by atoms with van der Waals surface area (Å²) in [5.74, 6) is -0.942. The molecule has 0 fully saturated rings. The maximum atomic E-state index is 12.8. The number of hydrogen-bond acceptors (Lipinski definition) is 5. The summed E-state index contributed by atoms with van der Waals surface area (Å²) in [5.41, 5.74) is -0.546. The van der Waals surface area contributed by atoms with Crippen LogP contribution in [0.1, 0.15) is 26.6 Å². The summed E-state index contributed by atoms with van der Waals surface area (Å²) in [6.07, 6.45) is -4.59. The summed E-state index contributed by atoms with van der Waals surface area (Å²) in [6, 6.07) is 1.44. The van der Waals surface area contributed by atoms with E-state index in [0.717, 1.165) is 0 Å². The Morgan fingerprint density at radius 2 is 1.80 bits per heavy atom. The predicted octanol–water partition coefficient (Wildman–Crippen LogP) is 2.76. The molecule has 114 valence electrons. The Labute approximate surface area is 116 Å². The molecule has 0 radical (unpaired) electrons. The predicted molar refractivity (Wildman–Crippen MR) is 70.8 cm³/mol. The topological polar surface area (TPSA) is 59.1 Å². The van der Waals surface area contributed by atoms with E-state index in [-0.39, 0.29) is 11.6 Å². The summed E-state index contributed by atoms with van der Waals surface area (Å²) >= 11 is 0. The molecular weight excluding hydrogens is 273 g/mol. The van der Waals surface area contributed by atoms with Gasteiger partial charge in [-0.15, -0.1) is 0 Å². The number of anilines is 2. The summed E-state index contributed by atoms with van der Waals surface area (Å²) in [4.78, 5) is 6.96. The van der Waals surface area contributed by atoms with Crippen LogP contribution in [0.5, 0.6) is 0 Å². The van der Waals surface area contributed by atoms with Crippen molar-refractivity contribution in [3.63, 3.8) is 0 Å². The van der Waals surface area contributed by atoms with Gasteiger partial charge in [0, 0.05) is 19.7 Å². The molecule has 0 bridgehead atoms. The van der Waals surface area contributed by atoms with Crippen molar-refractivity contribution in [2.24, 2.45) is 0 Å². The fourth-order valence-corrected chi connectivity index (χ4v) is 1.65. The molecule has 1 aromatic rings. The lowest BCUT2D eigenvalue weighted by atomic mass is 10.1. The molecule has 1 aromatic heterocycles. The summed E-state index contributed by atoms with van der Waals surface area (Å²) in [6.45, 7) is 6.18. The van der Waals surface area contributed by atoms with Crippen molar-refractivity contribution in [3.05, 3.63) is 11.9 Å². The van der Waals surface area contributed by atoms with Crippen molar-refractivity contribution in [2.45, 2.75) is 32.5 Å². The minimum atomic E-state index is -4.59. The Morgan fingerprint density at radius 3 is 2.30 bits per heavy atom. The van der Waals surface area contributed by atoms with Gasteiger partial charge in [-0.1, -0.05) is 0 Å². The van der Waals surface area contributed by atoms with E-state index in [1.54, 1.807) is 20.8 Å². The highest BCUT2D eigenvalue weighted by atomic mass is 19.4. The van der Waals surface area contributed by atoms with E-state index in [1.807, 2.05) is 0 Å². The number of methoxy groups -OCH3 is 1. The standard InChI is InChI=1S/C12H19F3N4O/c1-5-16-8-6-9(19-11(2,3)7-20-4)18-10(17-8)12(13,14)15/h6H,5,7H2,1-4H3,(H2,16,17,18,19). The van der Waals surface area contributed by atoms with E-state index < -0.39 is 17.5 Å². The Morgan fingerprint density at radius 1 is 1.20 bits per heavy atom.